The first-order valence-electron chi connectivity index (χ1n) is 7.00. The van der Waals surface area contributed by atoms with Crippen LogP contribution in [-0.4, -0.2) is 85.3 Å². The van der Waals surface area contributed by atoms with Gasteiger partial charge in [-0.3, -0.25) is 13.9 Å². The Morgan fingerprint density at radius 1 is 1.39 bits per heavy atom. The minimum atomic E-state index is -3.95. The lowest BCUT2D eigenvalue weighted by Crippen LogP contribution is -2.65. The smallest absolute Gasteiger partial charge is 0.325 e. The Morgan fingerprint density at radius 2 is 2.04 bits per heavy atom. The van der Waals surface area contributed by atoms with Crippen molar-refractivity contribution >= 4 is 13.5 Å². The van der Waals surface area contributed by atoms with Crippen molar-refractivity contribution in [1.29, 1.82) is 0 Å². The highest BCUT2D eigenvalue weighted by molar-refractivity contribution is 7.51. The summed E-state index contributed by atoms with van der Waals surface area (Å²) in [6.07, 6.45) is -4.89. The number of aliphatic hydroxyl groups is 2. The van der Waals surface area contributed by atoms with Crippen LogP contribution in [0.2, 0.25) is 0 Å². The van der Waals surface area contributed by atoms with Gasteiger partial charge in [-0.2, -0.15) is 0 Å². The van der Waals surface area contributed by atoms with Crippen LogP contribution >= 0.6 is 7.60 Å². The van der Waals surface area contributed by atoms with Gasteiger partial charge in [0.1, 0.15) is 24.4 Å². The molecular formula is C12H24NO9P. The highest BCUT2D eigenvalue weighted by atomic mass is 31.2. The van der Waals surface area contributed by atoms with Crippen LogP contribution in [0.25, 0.3) is 0 Å². The number of hydrogen-bond acceptors (Lipinski definition) is 8. The molecule has 0 aromatic rings. The number of carbonyl (C=O) groups is 1. The van der Waals surface area contributed by atoms with E-state index in [4.69, 9.17) is 18.7 Å². The van der Waals surface area contributed by atoms with Gasteiger partial charge < -0.3 is 34.6 Å². The molecule has 10 nitrogen and oxygen atoms in total. The number of aliphatic hydroxyl groups excluding tert-OH is 2. The Labute approximate surface area is 134 Å². The Balaban J connectivity index is 2.93. The zero-order valence-corrected chi connectivity index (χ0v) is 14.1. The third kappa shape index (κ3) is 6.44. The van der Waals surface area contributed by atoms with Gasteiger partial charge >= 0.3 is 7.60 Å². The number of ether oxygens (including phenoxy) is 3. The molecule has 136 valence electrons. The molecule has 6 unspecified atom stereocenters. The van der Waals surface area contributed by atoms with Gasteiger partial charge in [-0.15, -0.1) is 0 Å². The predicted octanol–water partition coefficient (Wildman–Crippen LogP) is -1.57. The van der Waals surface area contributed by atoms with E-state index in [-0.39, 0.29) is 13.2 Å². The molecule has 0 aliphatic carbocycles. The highest BCUT2D eigenvalue weighted by Gasteiger charge is 2.48. The number of amides is 1. The predicted molar refractivity (Wildman–Crippen MR) is 77.8 cm³/mol. The minimum Gasteiger partial charge on any atom is -0.394 e. The SMILES string of the molecule is COCCOC1OC(CO)C(OP(C)(=O)O)C(O)C1NC(C)=O. The quantitative estimate of drug-likeness (QED) is 0.299. The van der Waals surface area contributed by atoms with Crippen molar-refractivity contribution in [2.75, 3.05) is 33.6 Å². The van der Waals surface area contributed by atoms with Crippen LogP contribution in [0.3, 0.4) is 0 Å². The van der Waals surface area contributed by atoms with Crippen molar-refractivity contribution in [2.45, 2.75) is 37.6 Å². The molecule has 6 atom stereocenters. The number of methoxy groups -OCH3 is 1. The molecule has 1 rings (SSSR count). The topological polar surface area (TPSA) is 144 Å². The summed E-state index contributed by atoms with van der Waals surface area (Å²) in [6, 6.07) is -1.04. The normalized spacial score (nSPS) is 33.9. The van der Waals surface area contributed by atoms with Crippen LogP contribution in [0.15, 0.2) is 0 Å². The molecule has 1 aliphatic rings. The zero-order chi connectivity index (χ0) is 17.6. The number of nitrogens with one attached hydrogen (secondary N) is 1. The van der Waals surface area contributed by atoms with Crippen LogP contribution in [0.4, 0.5) is 0 Å². The summed E-state index contributed by atoms with van der Waals surface area (Å²) in [5.74, 6) is -0.456. The van der Waals surface area contributed by atoms with Gasteiger partial charge in [0.2, 0.25) is 5.91 Å². The first-order valence-corrected chi connectivity index (χ1v) is 9.02. The van der Waals surface area contributed by atoms with E-state index in [0.717, 1.165) is 6.66 Å². The van der Waals surface area contributed by atoms with E-state index in [1.807, 2.05) is 0 Å². The van der Waals surface area contributed by atoms with Crippen molar-refractivity contribution in [1.82, 2.24) is 5.32 Å². The number of carbonyl (C=O) groups excluding carboxylic acids is 1. The number of rotatable bonds is 8. The summed E-state index contributed by atoms with van der Waals surface area (Å²) in [5, 5.41) is 22.2. The van der Waals surface area contributed by atoms with Crippen LogP contribution in [-0.2, 0) is 28.1 Å². The molecular weight excluding hydrogens is 333 g/mol. The van der Waals surface area contributed by atoms with Crippen LogP contribution in [0, 0.1) is 0 Å². The maximum atomic E-state index is 11.5. The summed E-state index contributed by atoms with van der Waals surface area (Å²) in [4.78, 5) is 20.7. The summed E-state index contributed by atoms with van der Waals surface area (Å²) in [5.41, 5.74) is 0. The lowest BCUT2D eigenvalue weighted by molar-refractivity contribution is -0.267. The lowest BCUT2D eigenvalue weighted by atomic mass is 9.97. The average molecular weight is 357 g/mol. The van der Waals surface area contributed by atoms with E-state index in [1.54, 1.807) is 0 Å². The van der Waals surface area contributed by atoms with Gasteiger partial charge in [0, 0.05) is 20.7 Å². The second kappa shape index (κ2) is 9.05. The van der Waals surface area contributed by atoms with Gasteiger partial charge in [-0.1, -0.05) is 0 Å². The molecule has 0 spiro atoms. The fourth-order valence-corrected chi connectivity index (χ4v) is 2.91. The molecule has 1 aliphatic heterocycles. The molecule has 0 radical (unpaired) electrons. The van der Waals surface area contributed by atoms with Crippen molar-refractivity contribution in [3.8, 4) is 0 Å². The Hall–Kier alpha value is -0.580. The first kappa shape index (κ1) is 20.5. The van der Waals surface area contributed by atoms with E-state index < -0.39 is 50.8 Å². The molecule has 0 bridgehead atoms. The van der Waals surface area contributed by atoms with Gasteiger partial charge in [0.05, 0.1) is 19.8 Å². The maximum Gasteiger partial charge on any atom is 0.325 e. The van der Waals surface area contributed by atoms with E-state index in [2.05, 4.69) is 5.32 Å². The van der Waals surface area contributed by atoms with Gasteiger partial charge in [-0.25, -0.2) is 0 Å². The maximum absolute atomic E-state index is 11.5. The molecule has 1 amide bonds. The molecule has 1 saturated heterocycles. The lowest BCUT2D eigenvalue weighted by Gasteiger charge is -2.43. The second-order valence-electron chi connectivity index (χ2n) is 5.18. The average Bonchev–Trinajstić information content (AvgIpc) is 2.43. The van der Waals surface area contributed by atoms with E-state index >= 15 is 0 Å². The number of hydrogen-bond donors (Lipinski definition) is 4. The fourth-order valence-electron chi connectivity index (χ4n) is 2.20. The third-order valence-corrected chi connectivity index (χ3v) is 3.74. The van der Waals surface area contributed by atoms with Gasteiger partial charge in [-0.05, 0) is 0 Å². The Bertz CT molecular complexity index is 429. The van der Waals surface area contributed by atoms with Crippen LogP contribution in [0.1, 0.15) is 6.92 Å². The van der Waals surface area contributed by atoms with Gasteiger partial charge in [0.25, 0.3) is 0 Å². The van der Waals surface area contributed by atoms with E-state index in [9.17, 15) is 24.5 Å². The minimum absolute atomic E-state index is 0.125. The molecule has 4 N–H and O–H groups in total. The standard InChI is InChI=1S/C12H24NO9P/c1-7(15)13-9-10(16)11(22-23(3,17)18)8(6-14)21-12(9)20-5-4-19-2/h8-12,14,16H,4-6H2,1-3H3,(H,13,15)(H,17,18). The summed E-state index contributed by atoms with van der Waals surface area (Å²) >= 11 is 0. The third-order valence-electron chi connectivity index (χ3n) is 3.11. The second-order valence-corrected chi connectivity index (χ2v) is 7.00. The first-order chi connectivity index (χ1) is 10.7. The fraction of sp³-hybridized carbons (Fsp3) is 0.917. The Morgan fingerprint density at radius 3 is 2.52 bits per heavy atom. The van der Waals surface area contributed by atoms with E-state index in [0.29, 0.717) is 0 Å². The monoisotopic (exact) mass is 357 g/mol. The zero-order valence-electron chi connectivity index (χ0n) is 13.2. The van der Waals surface area contributed by atoms with E-state index in [1.165, 1.54) is 14.0 Å². The highest BCUT2D eigenvalue weighted by Crippen LogP contribution is 2.41. The van der Waals surface area contributed by atoms with Crippen molar-refractivity contribution in [2.24, 2.45) is 0 Å². The molecule has 0 aromatic heterocycles. The molecule has 0 aromatic carbocycles. The van der Waals surface area contributed by atoms with Crippen molar-refractivity contribution in [3.05, 3.63) is 0 Å². The molecule has 0 saturated carbocycles. The molecule has 23 heavy (non-hydrogen) atoms. The summed E-state index contributed by atoms with van der Waals surface area (Å²) in [7, 11) is -2.48. The summed E-state index contributed by atoms with van der Waals surface area (Å²) in [6.45, 7) is 2.00. The van der Waals surface area contributed by atoms with Crippen LogP contribution in [0.5, 0.6) is 0 Å². The van der Waals surface area contributed by atoms with Gasteiger partial charge in [0.15, 0.2) is 6.29 Å². The Kier molecular flexibility index (Phi) is 8.05. The van der Waals surface area contributed by atoms with Crippen molar-refractivity contribution in [3.63, 3.8) is 0 Å². The molecule has 1 heterocycles. The summed E-state index contributed by atoms with van der Waals surface area (Å²) < 4.78 is 32.1. The van der Waals surface area contributed by atoms with Crippen molar-refractivity contribution < 1.29 is 43.2 Å². The largest absolute Gasteiger partial charge is 0.394 e. The van der Waals surface area contributed by atoms with Crippen LogP contribution < -0.4 is 5.32 Å². The molecule has 11 heteroatoms. The molecule has 1 fully saturated rings.